The highest BCUT2D eigenvalue weighted by Crippen LogP contribution is 2.14. The van der Waals surface area contributed by atoms with Crippen LogP contribution in [0.25, 0.3) is 0 Å². The number of anilines is 1. The smallest absolute Gasteiger partial charge is 0.253 e. The van der Waals surface area contributed by atoms with Gasteiger partial charge in [-0.25, -0.2) is 0 Å². The number of hydrogen-bond donors (Lipinski definition) is 3. The maximum Gasteiger partial charge on any atom is 0.253 e. The molecule has 0 saturated heterocycles. The van der Waals surface area contributed by atoms with E-state index in [0.29, 0.717) is 24.2 Å². The molecule has 20 heavy (non-hydrogen) atoms. The lowest BCUT2D eigenvalue weighted by atomic mass is 10.1. The van der Waals surface area contributed by atoms with E-state index in [4.69, 9.17) is 12.2 Å². The number of carbonyl (C=O) groups excluding carboxylic acids is 2. The molecule has 3 N–H and O–H groups in total. The molecular formula is C14H17N3O2S. The minimum Gasteiger partial charge on any atom is -0.349 e. The van der Waals surface area contributed by atoms with Crippen molar-refractivity contribution in [2.75, 3.05) is 11.9 Å². The Labute approximate surface area is 123 Å². The summed E-state index contributed by atoms with van der Waals surface area (Å²) in [5.41, 5.74) is 0.984. The molecule has 5 nitrogen and oxygen atoms in total. The quantitative estimate of drug-likeness (QED) is 0.572. The van der Waals surface area contributed by atoms with Gasteiger partial charge in [-0.3, -0.25) is 9.59 Å². The third kappa shape index (κ3) is 4.81. The summed E-state index contributed by atoms with van der Waals surface area (Å²) in [6.45, 7) is 5.65. The minimum absolute atomic E-state index is 0.167. The fourth-order valence-electron chi connectivity index (χ4n) is 1.42. The molecule has 0 aromatic heterocycles. The van der Waals surface area contributed by atoms with E-state index >= 15 is 0 Å². The summed E-state index contributed by atoms with van der Waals surface area (Å²) in [5, 5.41) is 8.22. The Hall–Kier alpha value is -2.21. The maximum atomic E-state index is 12.0. The monoisotopic (exact) mass is 291 g/mol. The van der Waals surface area contributed by atoms with Crippen molar-refractivity contribution in [1.82, 2.24) is 10.6 Å². The molecule has 1 aromatic carbocycles. The second kappa shape index (κ2) is 8.06. The Morgan fingerprint density at radius 2 is 2.05 bits per heavy atom. The summed E-state index contributed by atoms with van der Waals surface area (Å²) in [5.74, 6) is -0.422. The molecule has 1 rings (SSSR count). The summed E-state index contributed by atoms with van der Waals surface area (Å²) in [4.78, 5) is 23.2. The number of hydrogen-bond acceptors (Lipinski definition) is 3. The van der Waals surface area contributed by atoms with E-state index in [1.54, 1.807) is 37.3 Å². The van der Waals surface area contributed by atoms with Gasteiger partial charge in [0.05, 0.1) is 11.3 Å². The molecule has 0 unspecified atom stereocenters. The van der Waals surface area contributed by atoms with E-state index in [1.807, 2.05) is 0 Å². The fraction of sp³-hybridized carbons (Fsp3) is 0.214. The fourth-order valence-corrected chi connectivity index (χ4v) is 1.64. The van der Waals surface area contributed by atoms with Crippen molar-refractivity contribution in [3.63, 3.8) is 0 Å². The van der Waals surface area contributed by atoms with Crippen molar-refractivity contribution in [3.05, 3.63) is 42.5 Å². The van der Waals surface area contributed by atoms with E-state index in [9.17, 15) is 9.59 Å². The van der Waals surface area contributed by atoms with Gasteiger partial charge in [0.2, 0.25) is 5.91 Å². The molecule has 0 aliphatic rings. The van der Waals surface area contributed by atoms with Gasteiger partial charge in [0.15, 0.2) is 5.11 Å². The predicted octanol–water partition coefficient (Wildman–Crippen LogP) is 1.83. The molecule has 0 spiro atoms. The van der Waals surface area contributed by atoms with Crippen LogP contribution in [0.5, 0.6) is 0 Å². The molecule has 1 aromatic rings. The first-order chi connectivity index (χ1) is 9.58. The number of benzene rings is 1. The first-order valence-corrected chi connectivity index (χ1v) is 6.58. The summed E-state index contributed by atoms with van der Waals surface area (Å²) < 4.78 is 0. The lowest BCUT2D eigenvalue weighted by Crippen LogP contribution is -2.34. The van der Waals surface area contributed by atoms with Gasteiger partial charge in [-0.1, -0.05) is 25.1 Å². The lowest BCUT2D eigenvalue weighted by Gasteiger charge is -2.12. The molecule has 0 atom stereocenters. The largest absolute Gasteiger partial charge is 0.349 e. The van der Waals surface area contributed by atoms with E-state index in [-0.39, 0.29) is 16.9 Å². The van der Waals surface area contributed by atoms with Gasteiger partial charge < -0.3 is 16.0 Å². The molecule has 106 valence electrons. The second-order valence-electron chi connectivity index (χ2n) is 3.90. The number of amides is 2. The van der Waals surface area contributed by atoms with E-state index < -0.39 is 0 Å². The van der Waals surface area contributed by atoms with Gasteiger partial charge >= 0.3 is 0 Å². The van der Waals surface area contributed by atoms with Crippen LogP contribution in [0, 0.1) is 0 Å². The first-order valence-electron chi connectivity index (χ1n) is 6.17. The Balaban J connectivity index is 2.79. The zero-order chi connectivity index (χ0) is 15.0. The number of rotatable bonds is 5. The van der Waals surface area contributed by atoms with Crippen molar-refractivity contribution >= 4 is 34.8 Å². The van der Waals surface area contributed by atoms with Crippen LogP contribution >= 0.6 is 12.2 Å². The van der Waals surface area contributed by atoms with Crippen LogP contribution in [-0.2, 0) is 4.79 Å². The molecule has 2 amide bonds. The number of para-hydroxylation sites is 1. The van der Waals surface area contributed by atoms with Crippen LogP contribution < -0.4 is 16.0 Å². The average Bonchev–Trinajstić information content (AvgIpc) is 2.45. The van der Waals surface area contributed by atoms with Crippen molar-refractivity contribution in [2.45, 2.75) is 13.3 Å². The topological polar surface area (TPSA) is 70.2 Å². The van der Waals surface area contributed by atoms with Crippen LogP contribution in [-0.4, -0.2) is 23.5 Å². The van der Waals surface area contributed by atoms with E-state index in [1.165, 1.54) is 0 Å². The standard InChI is InChI=1S/C14H17N3O2S/c1-3-9-15-13(19)10-7-5-6-8-11(10)16-14(20)17-12(18)4-2/h3,5-8H,1,4,9H2,2H3,(H,15,19)(H2,16,17,18,20). The van der Waals surface area contributed by atoms with Crippen LogP contribution in [0.15, 0.2) is 36.9 Å². The molecule has 0 aliphatic heterocycles. The third-order valence-corrected chi connectivity index (χ3v) is 2.61. The SMILES string of the molecule is C=CCNC(=O)c1ccccc1NC(=S)NC(=O)CC. The summed E-state index contributed by atoms with van der Waals surface area (Å²) >= 11 is 5.02. The highest BCUT2D eigenvalue weighted by Gasteiger charge is 2.11. The molecule has 0 aliphatic carbocycles. The third-order valence-electron chi connectivity index (χ3n) is 2.40. The minimum atomic E-state index is -0.238. The molecule has 0 heterocycles. The number of nitrogens with one attached hydrogen (secondary N) is 3. The average molecular weight is 291 g/mol. The highest BCUT2D eigenvalue weighted by atomic mass is 32.1. The van der Waals surface area contributed by atoms with E-state index in [0.717, 1.165) is 0 Å². The molecular weight excluding hydrogens is 274 g/mol. The van der Waals surface area contributed by atoms with Gasteiger partial charge in [0, 0.05) is 13.0 Å². The van der Waals surface area contributed by atoms with Gasteiger partial charge in [0.1, 0.15) is 0 Å². The van der Waals surface area contributed by atoms with Crippen molar-refractivity contribution in [1.29, 1.82) is 0 Å². The lowest BCUT2D eigenvalue weighted by molar-refractivity contribution is -0.119. The summed E-state index contributed by atoms with van der Waals surface area (Å²) in [6, 6.07) is 6.91. The zero-order valence-electron chi connectivity index (χ0n) is 11.2. The van der Waals surface area contributed by atoms with Gasteiger partial charge in [0.25, 0.3) is 5.91 Å². The number of carbonyl (C=O) groups is 2. The first kappa shape index (κ1) is 15.8. The summed E-state index contributed by atoms with van der Waals surface area (Å²) in [7, 11) is 0. The Kier molecular flexibility index (Phi) is 6.39. The molecule has 6 heteroatoms. The normalized spacial score (nSPS) is 9.45. The van der Waals surface area contributed by atoms with Gasteiger partial charge in [-0.15, -0.1) is 6.58 Å². The molecule has 0 radical (unpaired) electrons. The zero-order valence-corrected chi connectivity index (χ0v) is 12.0. The van der Waals surface area contributed by atoms with E-state index in [2.05, 4.69) is 22.5 Å². The van der Waals surface area contributed by atoms with Crippen molar-refractivity contribution < 1.29 is 9.59 Å². The molecule has 0 saturated carbocycles. The van der Waals surface area contributed by atoms with Crippen LogP contribution in [0.1, 0.15) is 23.7 Å². The van der Waals surface area contributed by atoms with Crippen molar-refractivity contribution in [3.8, 4) is 0 Å². The van der Waals surface area contributed by atoms with Gasteiger partial charge in [-0.2, -0.15) is 0 Å². The van der Waals surface area contributed by atoms with Crippen LogP contribution in [0.4, 0.5) is 5.69 Å². The number of thiocarbonyl (C=S) groups is 1. The molecule has 0 fully saturated rings. The van der Waals surface area contributed by atoms with Crippen LogP contribution in [0.2, 0.25) is 0 Å². The molecule has 0 bridgehead atoms. The maximum absolute atomic E-state index is 12.0. The Bertz CT molecular complexity index is 529. The Morgan fingerprint density at radius 3 is 2.70 bits per heavy atom. The second-order valence-corrected chi connectivity index (χ2v) is 4.31. The predicted molar refractivity (Wildman–Crippen MR) is 83.6 cm³/mol. The van der Waals surface area contributed by atoms with Crippen LogP contribution in [0.3, 0.4) is 0 Å². The van der Waals surface area contributed by atoms with Crippen molar-refractivity contribution in [2.24, 2.45) is 0 Å². The Morgan fingerprint density at radius 1 is 1.35 bits per heavy atom. The highest BCUT2D eigenvalue weighted by molar-refractivity contribution is 7.80. The van der Waals surface area contributed by atoms with Gasteiger partial charge in [-0.05, 0) is 24.4 Å². The summed E-state index contributed by atoms with van der Waals surface area (Å²) in [6.07, 6.45) is 1.93.